The van der Waals surface area contributed by atoms with Crippen molar-refractivity contribution in [3.63, 3.8) is 0 Å². The lowest BCUT2D eigenvalue weighted by atomic mass is 10.2. The van der Waals surface area contributed by atoms with Crippen molar-refractivity contribution in [1.29, 1.82) is 0 Å². The molecule has 8 heteroatoms. The average Bonchev–Trinajstić information content (AvgIpc) is 2.83. The van der Waals surface area contributed by atoms with Crippen LogP contribution in [0.5, 0.6) is 0 Å². The number of carbonyl (C=O) groups is 2. The molecule has 2 N–H and O–H groups in total. The zero-order chi connectivity index (χ0) is 15.2. The molecule has 0 aromatic carbocycles. The molecule has 0 spiro atoms. The molecule has 1 unspecified atom stereocenters. The second-order valence-electron chi connectivity index (χ2n) is 4.46. The van der Waals surface area contributed by atoms with Gasteiger partial charge in [0.25, 0.3) is 0 Å². The van der Waals surface area contributed by atoms with Gasteiger partial charge >= 0.3 is 5.97 Å². The van der Waals surface area contributed by atoms with Gasteiger partial charge in [0.2, 0.25) is 5.91 Å². The number of aryl methyl sites for hydroxylation is 1. The molecule has 1 rings (SSSR count). The van der Waals surface area contributed by atoms with Gasteiger partial charge in [-0.1, -0.05) is 6.07 Å². The van der Waals surface area contributed by atoms with E-state index in [9.17, 15) is 18.0 Å². The van der Waals surface area contributed by atoms with E-state index < -0.39 is 21.8 Å². The van der Waals surface area contributed by atoms with Gasteiger partial charge in [-0.05, 0) is 24.3 Å². The Morgan fingerprint density at radius 1 is 1.45 bits per heavy atom. The van der Waals surface area contributed by atoms with Gasteiger partial charge in [0, 0.05) is 17.6 Å². The third-order valence-corrected chi connectivity index (χ3v) is 4.50. The summed E-state index contributed by atoms with van der Waals surface area (Å²) in [7, 11) is -3.25. The Kier molecular flexibility index (Phi) is 6.15. The first-order valence-corrected chi connectivity index (χ1v) is 8.94. The minimum atomic E-state index is -3.25. The number of amides is 1. The summed E-state index contributed by atoms with van der Waals surface area (Å²) in [6.07, 6.45) is 1.63. The summed E-state index contributed by atoms with van der Waals surface area (Å²) in [5.41, 5.74) is 0. The fraction of sp³-hybridized carbons (Fsp3) is 0.500. The molecule has 0 saturated carbocycles. The Hall–Kier alpha value is -1.41. The van der Waals surface area contributed by atoms with Crippen molar-refractivity contribution in [2.45, 2.75) is 25.3 Å². The van der Waals surface area contributed by atoms with Crippen molar-refractivity contribution in [3.05, 3.63) is 22.4 Å². The summed E-state index contributed by atoms with van der Waals surface area (Å²) in [4.78, 5) is 23.7. The van der Waals surface area contributed by atoms with E-state index in [-0.39, 0.29) is 24.5 Å². The number of aliphatic carboxylic acids is 1. The van der Waals surface area contributed by atoms with Gasteiger partial charge in [-0.25, -0.2) is 13.2 Å². The van der Waals surface area contributed by atoms with E-state index in [0.29, 0.717) is 6.42 Å². The molecule has 0 fully saturated rings. The fourth-order valence-corrected chi connectivity index (χ4v) is 2.92. The predicted octanol–water partition coefficient (Wildman–Crippen LogP) is 0.685. The van der Waals surface area contributed by atoms with Crippen LogP contribution in [0.4, 0.5) is 0 Å². The van der Waals surface area contributed by atoms with Crippen LogP contribution in [0.2, 0.25) is 0 Å². The van der Waals surface area contributed by atoms with E-state index in [1.807, 2.05) is 17.5 Å². The Bertz CT molecular complexity index is 550. The largest absolute Gasteiger partial charge is 0.480 e. The van der Waals surface area contributed by atoms with Crippen molar-refractivity contribution in [2.75, 3.05) is 12.0 Å². The van der Waals surface area contributed by atoms with Gasteiger partial charge in [-0.15, -0.1) is 11.3 Å². The van der Waals surface area contributed by atoms with Crippen LogP contribution in [0.15, 0.2) is 17.5 Å². The smallest absolute Gasteiger partial charge is 0.326 e. The number of thiophene rings is 1. The van der Waals surface area contributed by atoms with E-state index in [0.717, 1.165) is 11.1 Å². The SMILES string of the molecule is CS(=O)(=O)CCC(NC(=O)CCc1cccs1)C(=O)O. The summed E-state index contributed by atoms with van der Waals surface area (Å²) in [5, 5.41) is 13.2. The van der Waals surface area contributed by atoms with Crippen molar-refractivity contribution in [2.24, 2.45) is 0 Å². The number of sulfone groups is 1. The van der Waals surface area contributed by atoms with Gasteiger partial charge in [0.1, 0.15) is 15.9 Å². The molecule has 0 aliphatic rings. The van der Waals surface area contributed by atoms with Gasteiger partial charge in [-0.3, -0.25) is 4.79 Å². The first-order chi connectivity index (χ1) is 9.28. The lowest BCUT2D eigenvalue weighted by Crippen LogP contribution is -2.41. The number of carboxylic acids is 1. The molecule has 0 bridgehead atoms. The number of nitrogens with one attached hydrogen (secondary N) is 1. The third-order valence-electron chi connectivity index (χ3n) is 2.59. The molecule has 0 radical (unpaired) electrons. The highest BCUT2D eigenvalue weighted by atomic mass is 32.2. The maximum atomic E-state index is 11.7. The Morgan fingerprint density at radius 2 is 2.15 bits per heavy atom. The maximum Gasteiger partial charge on any atom is 0.326 e. The minimum absolute atomic E-state index is 0.126. The van der Waals surface area contributed by atoms with Gasteiger partial charge in [0.05, 0.1) is 5.75 Å². The van der Waals surface area contributed by atoms with Crippen LogP contribution in [0.3, 0.4) is 0 Å². The summed E-state index contributed by atoms with van der Waals surface area (Å²) >= 11 is 1.53. The number of hydrogen-bond acceptors (Lipinski definition) is 5. The lowest BCUT2D eigenvalue weighted by Gasteiger charge is -2.13. The van der Waals surface area contributed by atoms with Gasteiger partial charge in [0.15, 0.2) is 0 Å². The van der Waals surface area contributed by atoms with Gasteiger partial charge in [-0.2, -0.15) is 0 Å². The van der Waals surface area contributed by atoms with Crippen LogP contribution in [0.1, 0.15) is 17.7 Å². The summed E-state index contributed by atoms with van der Waals surface area (Å²) in [6, 6.07) is 2.61. The lowest BCUT2D eigenvalue weighted by molar-refractivity contribution is -0.141. The third kappa shape index (κ3) is 6.67. The zero-order valence-corrected chi connectivity index (χ0v) is 12.7. The van der Waals surface area contributed by atoms with Crippen LogP contribution in [-0.4, -0.2) is 43.5 Å². The summed E-state index contributed by atoms with van der Waals surface area (Å²) < 4.78 is 22.0. The van der Waals surface area contributed by atoms with Crippen molar-refractivity contribution >= 4 is 33.1 Å². The molecule has 1 amide bonds. The topological polar surface area (TPSA) is 101 Å². The molecule has 1 aromatic rings. The van der Waals surface area contributed by atoms with Crippen LogP contribution < -0.4 is 5.32 Å². The molecule has 0 saturated heterocycles. The van der Waals surface area contributed by atoms with Crippen LogP contribution >= 0.6 is 11.3 Å². The Morgan fingerprint density at radius 3 is 2.65 bits per heavy atom. The molecule has 0 aliphatic heterocycles. The minimum Gasteiger partial charge on any atom is -0.480 e. The molecular weight excluding hydrogens is 302 g/mol. The molecule has 6 nitrogen and oxygen atoms in total. The first kappa shape index (κ1) is 16.6. The maximum absolute atomic E-state index is 11.7. The summed E-state index contributed by atoms with van der Waals surface area (Å²) in [6.45, 7) is 0. The quantitative estimate of drug-likeness (QED) is 0.734. The molecule has 1 aromatic heterocycles. The highest BCUT2D eigenvalue weighted by Crippen LogP contribution is 2.10. The van der Waals surface area contributed by atoms with Crippen molar-refractivity contribution in [1.82, 2.24) is 5.32 Å². The number of rotatable bonds is 8. The Labute approximate surface area is 121 Å². The van der Waals surface area contributed by atoms with Crippen molar-refractivity contribution < 1.29 is 23.1 Å². The van der Waals surface area contributed by atoms with E-state index in [4.69, 9.17) is 5.11 Å². The highest BCUT2D eigenvalue weighted by Gasteiger charge is 2.21. The monoisotopic (exact) mass is 319 g/mol. The number of hydrogen-bond donors (Lipinski definition) is 2. The second kappa shape index (κ2) is 7.39. The van der Waals surface area contributed by atoms with Crippen LogP contribution in [0.25, 0.3) is 0 Å². The number of carbonyl (C=O) groups excluding carboxylic acids is 1. The zero-order valence-electron chi connectivity index (χ0n) is 11.0. The summed E-state index contributed by atoms with van der Waals surface area (Å²) in [5.74, 6) is -1.88. The first-order valence-electron chi connectivity index (χ1n) is 6.00. The van der Waals surface area contributed by atoms with E-state index in [1.165, 1.54) is 11.3 Å². The molecule has 112 valence electrons. The van der Waals surface area contributed by atoms with Crippen molar-refractivity contribution in [3.8, 4) is 0 Å². The molecule has 1 atom stereocenters. The predicted molar refractivity (Wildman–Crippen MR) is 76.5 cm³/mol. The molecule has 0 aliphatic carbocycles. The number of carboxylic acid groups (broad SMARTS) is 1. The second-order valence-corrected chi connectivity index (χ2v) is 7.75. The van der Waals surface area contributed by atoms with E-state index in [2.05, 4.69) is 5.32 Å². The highest BCUT2D eigenvalue weighted by molar-refractivity contribution is 7.90. The Balaban J connectivity index is 2.44. The standard InChI is InChI=1S/C12H17NO5S2/c1-20(17,18)8-6-10(12(15)16)13-11(14)5-4-9-3-2-7-19-9/h2-3,7,10H,4-6,8H2,1H3,(H,13,14)(H,15,16). The fourth-order valence-electron chi connectivity index (χ4n) is 1.55. The van der Waals surface area contributed by atoms with Crippen LogP contribution in [-0.2, 0) is 25.8 Å². The normalized spacial score (nSPS) is 12.8. The molecule has 1 heterocycles. The van der Waals surface area contributed by atoms with E-state index in [1.54, 1.807) is 0 Å². The van der Waals surface area contributed by atoms with Gasteiger partial charge < -0.3 is 10.4 Å². The molecular formula is C12H17NO5S2. The molecule has 20 heavy (non-hydrogen) atoms. The average molecular weight is 319 g/mol. The van der Waals surface area contributed by atoms with Crippen LogP contribution in [0, 0.1) is 0 Å². The van der Waals surface area contributed by atoms with E-state index >= 15 is 0 Å².